The van der Waals surface area contributed by atoms with Gasteiger partial charge in [-0.15, -0.1) is 0 Å². The van der Waals surface area contributed by atoms with Crippen molar-refractivity contribution in [2.45, 2.75) is 58.3 Å². The van der Waals surface area contributed by atoms with Gasteiger partial charge < -0.3 is 4.74 Å². The maximum atomic E-state index is 14.3. The quantitative estimate of drug-likeness (QED) is 0.648. The van der Waals surface area contributed by atoms with E-state index in [1.165, 1.54) is 32.1 Å². The topological polar surface area (TPSA) is 9.23 Å². The van der Waals surface area contributed by atoms with Gasteiger partial charge in [0, 0.05) is 5.56 Å². The summed E-state index contributed by atoms with van der Waals surface area (Å²) in [5, 5.41) is 0. The molecule has 0 aromatic heterocycles. The Morgan fingerprint density at radius 3 is 2.43 bits per heavy atom. The van der Waals surface area contributed by atoms with Crippen LogP contribution in [-0.4, -0.2) is 6.61 Å². The summed E-state index contributed by atoms with van der Waals surface area (Å²) in [5.74, 6) is -0.0543. The number of benzene rings is 1. The highest BCUT2D eigenvalue weighted by atomic mass is 19.2. The Hall–Kier alpha value is -1.38. The van der Waals surface area contributed by atoms with Gasteiger partial charge in [-0.2, -0.15) is 4.39 Å². The molecule has 3 rings (SSSR count). The van der Waals surface area contributed by atoms with Crippen LogP contribution in [0.3, 0.4) is 0 Å². The third-order valence-electron chi connectivity index (χ3n) is 5.46. The third-order valence-corrected chi connectivity index (χ3v) is 5.46. The molecule has 0 amide bonds. The van der Waals surface area contributed by atoms with E-state index in [4.69, 9.17) is 4.74 Å². The lowest BCUT2D eigenvalue weighted by molar-refractivity contribution is 0.235. The zero-order valence-electron chi connectivity index (χ0n) is 13.9. The first-order valence-corrected chi connectivity index (χ1v) is 9.01. The lowest BCUT2D eigenvalue weighted by Gasteiger charge is -2.32. The van der Waals surface area contributed by atoms with Crippen molar-refractivity contribution in [3.63, 3.8) is 0 Å². The molecule has 0 heterocycles. The second kappa shape index (κ2) is 7.46. The fourth-order valence-corrected chi connectivity index (χ4v) is 4.18. The zero-order valence-corrected chi connectivity index (χ0v) is 13.9. The van der Waals surface area contributed by atoms with E-state index in [2.05, 4.69) is 6.08 Å². The first-order chi connectivity index (χ1) is 11.2. The molecule has 23 heavy (non-hydrogen) atoms. The molecule has 0 aliphatic heterocycles. The standard InChI is InChI=1S/C20H26F2O/c1-2-23-18-13-12-17(19(21)20(18)22)16-10-8-15(9-11-16)14-6-4-3-5-7-14/h10,12-15H,2-9,11H2,1H3. The van der Waals surface area contributed by atoms with Crippen LogP contribution >= 0.6 is 0 Å². The Labute approximate surface area is 137 Å². The zero-order chi connectivity index (χ0) is 16.2. The van der Waals surface area contributed by atoms with Crippen LogP contribution in [0.4, 0.5) is 8.78 Å². The summed E-state index contributed by atoms with van der Waals surface area (Å²) < 4.78 is 33.5. The summed E-state index contributed by atoms with van der Waals surface area (Å²) in [5.41, 5.74) is 1.37. The van der Waals surface area contributed by atoms with E-state index in [1.54, 1.807) is 19.1 Å². The minimum absolute atomic E-state index is 0.00485. The maximum Gasteiger partial charge on any atom is 0.201 e. The molecule has 0 spiro atoms. The molecule has 126 valence electrons. The number of hydrogen-bond donors (Lipinski definition) is 0. The van der Waals surface area contributed by atoms with Crippen molar-refractivity contribution in [3.05, 3.63) is 35.4 Å². The molecule has 1 fully saturated rings. The van der Waals surface area contributed by atoms with Crippen LogP contribution in [0.5, 0.6) is 5.75 Å². The normalized spacial score (nSPS) is 22.7. The van der Waals surface area contributed by atoms with Crippen LogP contribution in [0.1, 0.15) is 63.9 Å². The van der Waals surface area contributed by atoms with Crippen LogP contribution in [0.25, 0.3) is 5.57 Å². The molecule has 0 bridgehead atoms. The van der Waals surface area contributed by atoms with E-state index in [-0.39, 0.29) is 5.75 Å². The molecule has 1 atom stereocenters. The van der Waals surface area contributed by atoms with Gasteiger partial charge in [0.25, 0.3) is 0 Å². The van der Waals surface area contributed by atoms with Gasteiger partial charge in [0.05, 0.1) is 6.61 Å². The van der Waals surface area contributed by atoms with Crippen molar-refractivity contribution in [3.8, 4) is 5.75 Å². The van der Waals surface area contributed by atoms with Crippen LogP contribution in [0.15, 0.2) is 18.2 Å². The highest BCUT2D eigenvalue weighted by Crippen LogP contribution is 2.40. The average Bonchev–Trinajstić information content (AvgIpc) is 2.60. The maximum absolute atomic E-state index is 14.3. The summed E-state index contributed by atoms with van der Waals surface area (Å²) in [6.45, 7) is 2.10. The lowest BCUT2D eigenvalue weighted by Crippen LogP contribution is -2.19. The molecule has 1 unspecified atom stereocenters. The van der Waals surface area contributed by atoms with Gasteiger partial charge in [0.2, 0.25) is 5.82 Å². The Morgan fingerprint density at radius 1 is 1.00 bits per heavy atom. The van der Waals surface area contributed by atoms with Crippen molar-refractivity contribution in [2.24, 2.45) is 11.8 Å². The minimum atomic E-state index is -0.861. The fraction of sp³-hybridized carbons (Fsp3) is 0.600. The van der Waals surface area contributed by atoms with Gasteiger partial charge in [-0.25, -0.2) is 4.39 Å². The molecule has 2 aliphatic rings. The van der Waals surface area contributed by atoms with Gasteiger partial charge in [0.1, 0.15) is 0 Å². The molecule has 0 N–H and O–H groups in total. The van der Waals surface area contributed by atoms with Gasteiger partial charge >= 0.3 is 0 Å². The van der Waals surface area contributed by atoms with Crippen molar-refractivity contribution < 1.29 is 13.5 Å². The van der Waals surface area contributed by atoms with Crippen LogP contribution in [0, 0.1) is 23.5 Å². The molecule has 0 saturated heterocycles. The predicted octanol–water partition coefficient (Wildman–Crippen LogP) is 6.13. The van der Waals surface area contributed by atoms with Crippen LogP contribution in [0.2, 0.25) is 0 Å². The largest absolute Gasteiger partial charge is 0.491 e. The molecule has 1 nitrogen and oxygen atoms in total. The number of allylic oxidation sites excluding steroid dienone is 2. The predicted molar refractivity (Wildman–Crippen MR) is 89.4 cm³/mol. The van der Waals surface area contributed by atoms with Crippen molar-refractivity contribution in [1.29, 1.82) is 0 Å². The van der Waals surface area contributed by atoms with E-state index in [0.29, 0.717) is 12.2 Å². The second-order valence-electron chi connectivity index (χ2n) is 6.83. The average molecular weight is 320 g/mol. The van der Waals surface area contributed by atoms with Crippen molar-refractivity contribution >= 4 is 5.57 Å². The Kier molecular flexibility index (Phi) is 5.34. The van der Waals surface area contributed by atoms with Crippen LogP contribution in [-0.2, 0) is 0 Å². The molecule has 1 saturated carbocycles. The SMILES string of the molecule is CCOc1ccc(C2=CCC(C3CCCCC3)CC2)c(F)c1F. The molecule has 2 aliphatic carbocycles. The second-order valence-corrected chi connectivity index (χ2v) is 6.83. The molecule has 1 aromatic rings. The summed E-state index contributed by atoms with van der Waals surface area (Å²) in [7, 11) is 0. The summed E-state index contributed by atoms with van der Waals surface area (Å²) >= 11 is 0. The number of halogens is 2. The Morgan fingerprint density at radius 2 is 1.78 bits per heavy atom. The van der Waals surface area contributed by atoms with E-state index in [9.17, 15) is 8.78 Å². The lowest BCUT2D eigenvalue weighted by atomic mass is 9.73. The first-order valence-electron chi connectivity index (χ1n) is 9.01. The van der Waals surface area contributed by atoms with Gasteiger partial charge in [-0.3, -0.25) is 0 Å². The fourth-order valence-electron chi connectivity index (χ4n) is 4.18. The van der Waals surface area contributed by atoms with Crippen molar-refractivity contribution in [2.75, 3.05) is 6.61 Å². The smallest absolute Gasteiger partial charge is 0.201 e. The van der Waals surface area contributed by atoms with Gasteiger partial charge in [-0.05, 0) is 55.7 Å². The number of rotatable bonds is 4. The highest BCUT2D eigenvalue weighted by molar-refractivity contribution is 5.67. The molecule has 0 radical (unpaired) electrons. The Bertz CT molecular complexity index is 573. The van der Waals surface area contributed by atoms with E-state index >= 15 is 0 Å². The van der Waals surface area contributed by atoms with E-state index < -0.39 is 11.6 Å². The van der Waals surface area contributed by atoms with Crippen LogP contribution < -0.4 is 4.74 Å². The minimum Gasteiger partial charge on any atom is -0.491 e. The first kappa shape index (κ1) is 16.5. The summed E-state index contributed by atoms with van der Waals surface area (Å²) in [6, 6.07) is 3.21. The molecular weight excluding hydrogens is 294 g/mol. The molecule has 3 heteroatoms. The molecular formula is C20H26F2O. The Balaban J connectivity index is 1.73. The van der Waals surface area contributed by atoms with Gasteiger partial charge in [-0.1, -0.05) is 38.2 Å². The van der Waals surface area contributed by atoms with E-state index in [0.717, 1.165) is 36.7 Å². The third kappa shape index (κ3) is 3.59. The molecule has 1 aromatic carbocycles. The highest BCUT2D eigenvalue weighted by Gasteiger charge is 2.26. The monoisotopic (exact) mass is 320 g/mol. The van der Waals surface area contributed by atoms with Gasteiger partial charge in [0.15, 0.2) is 11.6 Å². The summed E-state index contributed by atoms with van der Waals surface area (Å²) in [4.78, 5) is 0. The summed E-state index contributed by atoms with van der Waals surface area (Å²) in [6.07, 6.45) is 11.9. The van der Waals surface area contributed by atoms with E-state index in [1.807, 2.05) is 0 Å². The number of ether oxygens (including phenoxy) is 1. The number of hydrogen-bond acceptors (Lipinski definition) is 1. The van der Waals surface area contributed by atoms with Crippen molar-refractivity contribution in [1.82, 2.24) is 0 Å².